The molecule has 3 aromatic rings. The molecule has 1 fully saturated rings. The molecule has 1 saturated heterocycles. The van der Waals surface area contributed by atoms with E-state index >= 15 is 0 Å². The van der Waals surface area contributed by atoms with E-state index in [0.29, 0.717) is 30.5 Å². The third-order valence-electron chi connectivity index (χ3n) is 5.44. The zero-order valence-corrected chi connectivity index (χ0v) is 16.6. The molecule has 1 aliphatic rings. The first-order chi connectivity index (χ1) is 14.1. The van der Waals surface area contributed by atoms with Crippen LogP contribution in [0.3, 0.4) is 0 Å². The first kappa shape index (κ1) is 20.3. The Morgan fingerprint density at radius 3 is 2.57 bits per heavy atom. The van der Waals surface area contributed by atoms with E-state index < -0.39 is 17.7 Å². The minimum atomic E-state index is -4.40. The molecule has 0 amide bonds. The molecule has 30 heavy (non-hydrogen) atoms. The molecular formula is C22H22F3N3O2. The Balaban J connectivity index is 1.77. The highest BCUT2D eigenvalue weighted by Gasteiger charge is 2.33. The molecule has 0 bridgehead atoms. The fourth-order valence-corrected chi connectivity index (χ4v) is 3.85. The minimum Gasteiger partial charge on any atom is -0.481 e. The Morgan fingerprint density at radius 2 is 1.93 bits per heavy atom. The van der Waals surface area contributed by atoms with E-state index in [0.717, 1.165) is 28.6 Å². The quantitative estimate of drug-likeness (QED) is 0.645. The standard InChI is InChI=1S/C22H22F3N3O2/c1-27(2)12-18-17-9-15(22(23,24)25)6-7-19(17)26-20(18)13-4-3-5-16(8-13)28-10-14(11-28)21(29)30/h3-9,14,26H,10-12H2,1-2H3,(H,29,30). The highest BCUT2D eigenvalue weighted by Crippen LogP contribution is 2.37. The van der Waals surface area contributed by atoms with Crippen LogP contribution in [0.1, 0.15) is 11.1 Å². The minimum absolute atomic E-state index is 0.369. The van der Waals surface area contributed by atoms with E-state index in [2.05, 4.69) is 4.98 Å². The number of aliphatic carboxylic acids is 1. The van der Waals surface area contributed by atoms with Crippen LogP contribution in [0.5, 0.6) is 0 Å². The lowest BCUT2D eigenvalue weighted by Crippen LogP contribution is -2.50. The number of carboxylic acids is 1. The van der Waals surface area contributed by atoms with Crippen molar-refractivity contribution in [2.24, 2.45) is 5.92 Å². The van der Waals surface area contributed by atoms with Crippen molar-refractivity contribution in [1.29, 1.82) is 0 Å². The molecule has 1 aliphatic heterocycles. The molecule has 1 aromatic heterocycles. The van der Waals surface area contributed by atoms with Crippen LogP contribution >= 0.6 is 0 Å². The van der Waals surface area contributed by atoms with Gasteiger partial charge in [-0.15, -0.1) is 0 Å². The number of aromatic amines is 1. The highest BCUT2D eigenvalue weighted by molar-refractivity contribution is 5.92. The van der Waals surface area contributed by atoms with Gasteiger partial charge in [-0.25, -0.2) is 0 Å². The lowest BCUT2D eigenvalue weighted by Gasteiger charge is -2.38. The third kappa shape index (κ3) is 3.75. The number of alkyl halides is 3. The first-order valence-corrected chi connectivity index (χ1v) is 9.58. The summed E-state index contributed by atoms with van der Waals surface area (Å²) in [6.07, 6.45) is -4.40. The average molecular weight is 417 g/mol. The molecule has 5 nitrogen and oxygen atoms in total. The number of carboxylic acid groups (broad SMARTS) is 1. The smallest absolute Gasteiger partial charge is 0.416 e. The van der Waals surface area contributed by atoms with Gasteiger partial charge in [0, 0.05) is 41.8 Å². The topological polar surface area (TPSA) is 59.6 Å². The molecule has 0 atom stereocenters. The summed E-state index contributed by atoms with van der Waals surface area (Å²) >= 11 is 0. The number of hydrogen-bond acceptors (Lipinski definition) is 3. The number of aromatic nitrogens is 1. The van der Waals surface area contributed by atoms with E-state index in [-0.39, 0.29) is 5.92 Å². The van der Waals surface area contributed by atoms with Crippen LogP contribution in [-0.2, 0) is 17.5 Å². The van der Waals surface area contributed by atoms with Crippen LogP contribution in [-0.4, -0.2) is 48.1 Å². The summed E-state index contributed by atoms with van der Waals surface area (Å²) in [5.74, 6) is -1.17. The van der Waals surface area contributed by atoms with Crippen LogP contribution in [0, 0.1) is 5.92 Å². The monoisotopic (exact) mass is 417 g/mol. The Hall–Kier alpha value is -3.00. The van der Waals surface area contributed by atoms with Gasteiger partial charge in [0.2, 0.25) is 0 Å². The molecule has 158 valence electrons. The molecule has 0 aliphatic carbocycles. The number of benzene rings is 2. The van der Waals surface area contributed by atoms with Crippen LogP contribution in [0.25, 0.3) is 22.2 Å². The zero-order valence-electron chi connectivity index (χ0n) is 16.6. The first-order valence-electron chi connectivity index (χ1n) is 9.58. The van der Waals surface area contributed by atoms with E-state index in [4.69, 9.17) is 5.11 Å². The average Bonchev–Trinajstić information content (AvgIpc) is 2.97. The SMILES string of the molecule is CN(C)Cc1c(-c2cccc(N3CC(C(=O)O)C3)c2)[nH]c2ccc(C(F)(F)F)cc12. The second kappa shape index (κ2) is 7.36. The van der Waals surface area contributed by atoms with Crippen LogP contribution in [0.4, 0.5) is 18.9 Å². The fraction of sp³-hybridized carbons (Fsp3) is 0.318. The molecule has 2 heterocycles. The van der Waals surface area contributed by atoms with Gasteiger partial charge >= 0.3 is 12.1 Å². The van der Waals surface area contributed by atoms with Gasteiger partial charge in [-0.05, 0) is 50.0 Å². The number of rotatable bonds is 5. The lowest BCUT2D eigenvalue weighted by molar-refractivity contribution is -0.142. The van der Waals surface area contributed by atoms with Gasteiger partial charge in [-0.1, -0.05) is 12.1 Å². The Morgan fingerprint density at radius 1 is 1.20 bits per heavy atom. The van der Waals surface area contributed by atoms with Gasteiger partial charge in [0.05, 0.1) is 17.2 Å². The van der Waals surface area contributed by atoms with Gasteiger partial charge < -0.3 is 19.9 Å². The molecule has 8 heteroatoms. The lowest BCUT2D eigenvalue weighted by atomic mass is 9.98. The van der Waals surface area contributed by atoms with Crippen LogP contribution < -0.4 is 4.90 Å². The second-order valence-corrected chi connectivity index (χ2v) is 7.96. The van der Waals surface area contributed by atoms with Gasteiger partial charge in [0.25, 0.3) is 0 Å². The number of carbonyl (C=O) groups is 1. The molecule has 2 N–H and O–H groups in total. The van der Waals surface area contributed by atoms with Crippen molar-refractivity contribution >= 4 is 22.6 Å². The van der Waals surface area contributed by atoms with Crippen molar-refractivity contribution < 1.29 is 23.1 Å². The van der Waals surface area contributed by atoms with E-state index in [9.17, 15) is 18.0 Å². The Kier molecular flexibility index (Phi) is 4.97. The number of nitrogens with one attached hydrogen (secondary N) is 1. The van der Waals surface area contributed by atoms with Gasteiger partial charge in [0.1, 0.15) is 0 Å². The molecular weight excluding hydrogens is 395 g/mol. The molecule has 0 radical (unpaired) electrons. The number of H-pyrrole nitrogens is 1. The zero-order chi connectivity index (χ0) is 21.6. The fourth-order valence-electron chi connectivity index (χ4n) is 3.85. The summed E-state index contributed by atoms with van der Waals surface area (Å²) in [6.45, 7) is 1.38. The van der Waals surface area contributed by atoms with E-state index in [1.807, 2.05) is 48.2 Å². The van der Waals surface area contributed by atoms with Crippen molar-refractivity contribution in [3.63, 3.8) is 0 Å². The van der Waals surface area contributed by atoms with Crippen molar-refractivity contribution in [1.82, 2.24) is 9.88 Å². The van der Waals surface area contributed by atoms with Gasteiger partial charge in [-0.2, -0.15) is 13.2 Å². The third-order valence-corrected chi connectivity index (χ3v) is 5.44. The largest absolute Gasteiger partial charge is 0.481 e. The number of halogens is 3. The predicted octanol–water partition coefficient (Wildman–Crippen LogP) is 4.44. The highest BCUT2D eigenvalue weighted by atomic mass is 19.4. The maximum atomic E-state index is 13.2. The second-order valence-electron chi connectivity index (χ2n) is 7.96. The normalized spacial score (nSPS) is 15.1. The number of hydrogen-bond donors (Lipinski definition) is 2. The Labute approximate surface area is 171 Å². The predicted molar refractivity (Wildman–Crippen MR) is 109 cm³/mol. The Bertz CT molecular complexity index is 1100. The number of nitrogens with zero attached hydrogens (tertiary/aromatic N) is 2. The van der Waals surface area contributed by atoms with E-state index in [1.165, 1.54) is 12.1 Å². The van der Waals surface area contributed by atoms with E-state index in [1.54, 1.807) is 0 Å². The summed E-state index contributed by atoms with van der Waals surface area (Å²) in [5, 5.41) is 9.64. The summed E-state index contributed by atoms with van der Waals surface area (Å²) in [5.41, 5.74) is 3.30. The van der Waals surface area contributed by atoms with Crippen molar-refractivity contribution in [3.05, 3.63) is 53.6 Å². The molecule has 0 saturated carbocycles. The maximum absolute atomic E-state index is 13.2. The van der Waals surface area contributed by atoms with Crippen molar-refractivity contribution in [3.8, 4) is 11.3 Å². The molecule has 2 aromatic carbocycles. The van der Waals surface area contributed by atoms with Crippen molar-refractivity contribution in [2.45, 2.75) is 12.7 Å². The van der Waals surface area contributed by atoms with Crippen LogP contribution in [0.2, 0.25) is 0 Å². The maximum Gasteiger partial charge on any atom is 0.416 e. The summed E-state index contributed by atoms with van der Waals surface area (Å²) < 4.78 is 39.7. The van der Waals surface area contributed by atoms with Gasteiger partial charge in [0.15, 0.2) is 0 Å². The molecule has 0 unspecified atom stereocenters. The number of fused-ring (bicyclic) bond motifs is 1. The van der Waals surface area contributed by atoms with Gasteiger partial charge in [-0.3, -0.25) is 4.79 Å². The summed E-state index contributed by atoms with van der Waals surface area (Å²) in [4.78, 5) is 18.3. The van der Waals surface area contributed by atoms with Crippen molar-refractivity contribution in [2.75, 3.05) is 32.1 Å². The summed E-state index contributed by atoms with van der Waals surface area (Å²) in [7, 11) is 3.75. The molecule has 0 spiro atoms. The van der Waals surface area contributed by atoms with Crippen LogP contribution in [0.15, 0.2) is 42.5 Å². The summed E-state index contributed by atoms with van der Waals surface area (Å²) in [6, 6.07) is 11.4. The molecule has 4 rings (SSSR count). The number of anilines is 1.